The van der Waals surface area contributed by atoms with Crippen LogP contribution in [0.2, 0.25) is 0 Å². The first-order chi connectivity index (χ1) is 14.5. The molecule has 31 heavy (non-hydrogen) atoms. The van der Waals surface area contributed by atoms with Crippen molar-refractivity contribution in [2.45, 2.75) is 37.6 Å². The number of carbonyl (C=O) groups is 2. The minimum Gasteiger partial charge on any atom is -0.495 e. The monoisotopic (exact) mass is 438 g/mol. The van der Waals surface area contributed by atoms with Crippen LogP contribution in [-0.2, 0) is 9.53 Å². The van der Waals surface area contributed by atoms with Gasteiger partial charge in [-0.3, -0.25) is 19.6 Å². The fourth-order valence-corrected chi connectivity index (χ4v) is 3.65. The summed E-state index contributed by atoms with van der Waals surface area (Å²) in [4.78, 5) is 32.3. The maximum atomic E-state index is 13.9. The Morgan fingerprint density at radius 2 is 1.97 bits per heavy atom. The lowest BCUT2D eigenvalue weighted by atomic mass is 9.78. The summed E-state index contributed by atoms with van der Waals surface area (Å²) in [6.07, 6.45) is -3.62. The summed E-state index contributed by atoms with van der Waals surface area (Å²) in [7, 11) is 1.36. The molecular formula is C20H21F3N4O4. The van der Waals surface area contributed by atoms with Crippen molar-refractivity contribution >= 4 is 17.5 Å². The summed E-state index contributed by atoms with van der Waals surface area (Å²) in [6, 6.07) is 5.72. The van der Waals surface area contributed by atoms with Crippen molar-refractivity contribution in [3.05, 3.63) is 48.0 Å². The zero-order valence-corrected chi connectivity index (χ0v) is 16.9. The summed E-state index contributed by atoms with van der Waals surface area (Å²) < 4.78 is 52.3. The number of pyridine rings is 2. The first-order valence-corrected chi connectivity index (χ1v) is 9.29. The van der Waals surface area contributed by atoms with Crippen molar-refractivity contribution < 1.29 is 32.2 Å². The van der Waals surface area contributed by atoms with Crippen LogP contribution in [0.5, 0.6) is 5.75 Å². The Labute approximate surface area is 176 Å². The minimum absolute atomic E-state index is 0.110. The molecule has 1 aliphatic rings. The zero-order chi connectivity index (χ0) is 23.0. The quantitative estimate of drug-likeness (QED) is 0.742. The van der Waals surface area contributed by atoms with Crippen molar-refractivity contribution in [2.75, 3.05) is 12.4 Å². The number of methoxy groups -OCH3 is 1. The predicted octanol–water partition coefficient (Wildman–Crippen LogP) is 2.66. The SMILES string of the molecule is COc1cccnc1[C@@H]1[C@H](C(=O)Nc2ccnc(C(N)=O)c2)O[C@](C)(C(F)(F)F)[C@H]1C. The Morgan fingerprint density at radius 1 is 1.26 bits per heavy atom. The zero-order valence-electron chi connectivity index (χ0n) is 16.9. The Hall–Kier alpha value is -3.21. The van der Waals surface area contributed by atoms with Gasteiger partial charge in [-0.2, -0.15) is 13.2 Å². The Morgan fingerprint density at radius 3 is 2.58 bits per heavy atom. The van der Waals surface area contributed by atoms with Crippen LogP contribution >= 0.6 is 0 Å². The lowest BCUT2D eigenvalue weighted by Crippen LogP contribution is -2.47. The molecule has 1 fully saturated rings. The Kier molecular flexibility index (Phi) is 5.90. The highest BCUT2D eigenvalue weighted by Crippen LogP contribution is 2.54. The molecule has 0 aromatic carbocycles. The number of rotatable bonds is 5. The van der Waals surface area contributed by atoms with Crippen molar-refractivity contribution in [1.82, 2.24) is 9.97 Å². The van der Waals surface area contributed by atoms with Crippen molar-refractivity contribution in [3.63, 3.8) is 0 Å². The highest BCUT2D eigenvalue weighted by atomic mass is 19.4. The number of halogens is 3. The molecule has 166 valence electrons. The number of aromatic nitrogens is 2. The predicted molar refractivity (Wildman–Crippen MR) is 103 cm³/mol. The molecule has 0 unspecified atom stereocenters. The normalized spacial score (nSPS) is 25.8. The van der Waals surface area contributed by atoms with Crippen molar-refractivity contribution in [1.29, 1.82) is 0 Å². The van der Waals surface area contributed by atoms with Crippen LogP contribution in [0, 0.1) is 5.92 Å². The summed E-state index contributed by atoms with van der Waals surface area (Å²) in [5.41, 5.74) is 2.79. The molecule has 8 nitrogen and oxygen atoms in total. The number of hydrogen-bond acceptors (Lipinski definition) is 6. The summed E-state index contributed by atoms with van der Waals surface area (Å²) in [5.74, 6) is -3.63. The van der Waals surface area contributed by atoms with Crippen LogP contribution in [0.15, 0.2) is 36.7 Å². The maximum Gasteiger partial charge on any atom is 0.417 e. The van der Waals surface area contributed by atoms with E-state index in [1.165, 1.54) is 38.6 Å². The number of nitrogens with two attached hydrogens (primary N) is 1. The molecule has 2 aromatic heterocycles. The van der Waals surface area contributed by atoms with Gasteiger partial charge in [0.1, 0.15) is 17.5 Å². The number of carbonyl (C=O) groups excluding carboxylic acids is 2. The maximum absolute atomic E-state index is 13.9. The van der Waals surface area contributed by atoms with Crippen LogP contribution in [-0.4, -0.2) is 46.8 Å². The van der Waals surface area contributed by atoms with Crippen LogP contribution in [0.4, 0.5) is 18.9 Å². The van der Waals surface area contributed by atoms with E-state index in [1.807, 2.05) is 0 Å². The molecule has 1 aliphatic heterocycles. The fraction of sp³-hybridized carbons (Fsp3) is 0.400. The van der Waals surface area contributed by atoms with E-state index in [2.05, 4.69) is 15.3 Å². The minimum atomic E-state index is -4.74. The average Bonchev–Trinajstić information content (AvgIpc) is 3.00. The van der Waals surface area contributed by atoms with Gasteiger partial charge in [-0.15, -0.1) is 0 Å². The molecule has 0 bridgehead atoms. The van der Waals surface area contributed by atoms with Gasteiger partial charge in [0, 0.05) is 29.9 Å². The third kappa shape index (κ3) is 4.05. The number of hydrogen-bond donors (Lipinski definition) is 2. The van der Waals surface area contributed by atoms with E-state index >= 15 is 0 Å². The topological polar surface area (TPSA) is 116 Å². The van der Waals surface area contributed by atoms with Gasteiger partial charge in [0.15, 0.2) is 5.60 Å². The molecule has 0 radical (unpaired) electrons. The molecule has 0 saturated carbocycles. The number of alkyl halides is 3. The number of amides is 2. The van der Waals surface area contributed by atoms with E-state index < -0.39 is 41.5 Å². The molecule has 4 atom stereocenters. The molecule has 3 heterocycles. The highest BCUT2D eigenvalue weighted by molar-refractivity contribution is 5.97. The molecule has 0 spiro atoms. The van der Waals surface area contributed by atoms with Gasteiger partial charge in [-0.05, 0) is 31.2 Å². The van der Waals surface area contributed by atoms with Gasteiger partial charge in [-0.25, -0.2) is 0 Å². The molecule has 11 heteroatoms. The second kappa shape index (κ2) is 8.14. The van der Waals surface area contributed by atoms with Gasteiger partial charge < -0.3 is 20.5 Å². The summed E-state index contributed by atoms with van der Waals surface area (Å²) >= 11 is 0. The van der Waals surface area contributed by atoms with Gasteiger partial charge in [0.2, 0.25) is 0 Å². The first-order valence-electron chi connectivity index (χ1n) is 9.29. The largest absolute Gasteiger partial charge is 0.495 e. The van der Waals surface area contributed by atoms with E-state index in [0.29, 0.717) is 0 Å². The Balaban J connectivity index is 2.01. The molecular weight excluding hydrogens is 417 g/mol. The molecule has 2 amide bonds. The number of nitrogens with zero attached hydrogens (tertiary/aromatic N) is 2. The Bertz CT molecular complexity index is 1000. The smallest absolute Gasteiger partial charge is 0.417 e. The van der Waals surface area contributed by atoms with Gasteiger partial charge >= 0.3 is 6.18 Å². The highest BCUT2D eigenvalue weighted by Gasteiger charge is 2.66. The first kappa shape index (κ1) is 22.5. The second-order valence-electron chi connectivity index (χ2n) is 7.33. The van der Waals surface area contributed by atoms with Crippen molar-refractivity contribution in [3.8, 4) is 5.75 Å². The van der Waals surface area contributed by atoms with E-state index in [4.69, 9.17) is 15.2 Å². The molecule has 1 saturated heterocycles. The lowest BCUT2D eigenvalue weighted by molar-refractivity contribution is -0.272. The van der Waals surface area contributed by atoms with Crippen LogP contribution in [0.25, 0.3) is 0 Å². The molecule has 0 aliphatic carbocycles. The summed E-state index contributed by atoms with van der Waals surface area (Å²) in [5, 5.41) is 2.48. The summed E-state index contributed by atoms with van der Waals surface area (Å²) in [6.45, 7) is 2.27. The van der Waals surface area contributed by atoms with Crippen LogP contribution < -0.4 is 15.8 Å². The lowest BCUT2D eigenvalue weighted by Gasteiger charge is -2.31. The van der Waals surface area contributed by atoms with E-state index in [1.54, 1.807) is 12.1 Å². The molecule has 3 N–H and O–H groups in total. The van der Waals surface area contributed by atoms with Crippen LogP contribution in [0.1, 0.15) is 35.9 Å². The molecule has 3 rings (SSSR count). The van der Waals surface area contributed by atoms with Gasteiger partial charge in [0.05, 0.1) is 12.8 Å². The van der Waals surface area contributed by atoms with Crippen molar-refractivity contribution in [2.24, 2.45) is 11.7 Å². The van der Waals surface area contributed by atoms with E-state index in [0.717, 1.165) is 6.92 Å². The van der Waals surface area contributed by atoms with Gasteiger partial charge in [0.25, 0.3) is 11.8 Å². The average molecular weight is 438 g/mol. The number of ether oxygens (including phenoxy) is 2. The number of nitrogens with one attached hydrogen (secondary N) is 1. The fourth-order valence-electron chi connectivity index (χ4n) is 3.65. The van der Waals surface area contributed by atoms with Gasteiger partial charge in [-0.1, -0.05) is 6.92 Å². The number of anilines is 1. The second-order valence-corrected chi connectivity index (χ2v) is 7.33. The van der Waals surface area contributed by atoms with E-state index in [9.17, 15) is 22.8 Å². The molecule has 2 aromatic rings. The standard InChI is InChI=1S/C20H21F3N4O4/c1-10-14(15-13(30-3)5-4-7-26-15)16(31-19(10,2)20(21,22)23)18(29)27-11-6-8-25-12(9-11)17(24)28/h4-10,14,16H,1-3H3,(H2,24,28)(H,25,27,29)/t10-,14+,16+,19-/m0/s1. The third-order valence-electron chi connectivity index (χ3n) is 5.54. The van der Waals surface area contributed by atoms with Crippen LogP contribution in [0.3, 0.4) is 0 Å². The number of primary amides is 1. The van der Waals surface area contributed by atoms with E-state index in [-0.39, 0.29) is 22.8 Å². The third-order valence-corrected chi connectivity index (χ3v) is 5.54.